The van der Waals surface area contributed by atoms with Crippen molar-refractivity contribution in [2.45, 2.75) is 64.0 Å². The van der Waals surface area contributed by atoms with E-state index in [9.17, 15) is 9.59 Å². The van der Waals surface area contributed by atoms with Crippen LogP contribution in [0.15, 0.2) is 48.5 Å². The van der Waals surface area contributed by atoms with E-state index < -0.39 is 0 Å². The Kier molecular flexibility index (Phi) is 14.7. The Bertz CT molecular complexity index is 951. The number of nitrogens with zero attached hydrogens (tertiary/aromatic N) is 1. The third-order valence-corrected chi connectivity index (χ3v) is 6.03. The maximum atomic E-state index is 12.5. The SMILES string of the molecule is COc1ccc(OCCCCCCCCC(=O)N[C@H](CC(=O)OCc2ccccc2)CN(C)C)cc1OC. The number of rotatable bonds is 19. The molecule has 0 spiro atoms. The van der Waals surface area contributed by atoms with Crippen LogP contribution in [-0.2, 0) is 20.9 Å². The molecule has 8 heteroatoms. The Morgan fingerprint density at radius 3 is 2.24 bits per heavy atom. The van der Waals surface area contributed by atoms with Gasteiger partial charge in [0.25, 0.3) is 0 Å². The highest BCUT2D eigenvalue weighted by molar-refractivity contribution is 5.77. The first-order valence-corrected chi connectivity index (χ1v) is 13.4. The minimum absolute atomic E-state index is 0.0176. The highest BCUT2D eigenvalue weighted by Gasteiger charge is 2.18. The topological polar surface area (TPSA) is 86.3 Å². The van der Waals surface area contributed by atoms with Gasteiger partial charge in [0.05, 0.1) is 33.3 Å². The van der Waals surface area contributed by atoms with Crippen molar-refractivity contribution in [3.8, 4) is 17.2 Å². The average molecular weight is 529 g/mol. The Morgan fingerprint density at radius 2 is 1.55 bits per heavy atom. The van der Waals surface area contributed by atoms with Gasteiger partial charge in [-0.25, -0.2) is 0 Å². The number of esters is 1. The molecule has 2 aromatic carbocycles. The van der Waals surface area contributed by atoms with E-state index in [1.165, 1.54) is 0 Å². The number of unbranched alkanes of at least 4 members (excludes halogenated alkanes) is 5. The fourth-order valence-electron chi connectivity index (χ4n) is 4.09. The molecule has 0 aliphatic rings. The van der Waals surface area contributed by atoms with E-state index in [1.54, 1.807) is 14.2 Å². The van der Waals surface area contributed by atoms with E-state index in [2.05, 4.69) is 5.32 Å². The third kappa shape index (κ3) is 12.8. The summed E-state index contributed by atoms with van der Waals surface area (Å²) in [6, 6.07) is 14.9. The summed E-state index contributed by atoms with van der Waals surface area (Å²) < 4.78 is 21.7. The second kappa shape index (κ2) is 18.1. The molecule has 0 fully saturated rings. The third-order valence-electron chi connectivity index (χ3n) is 6.03. The summed E-state index contributed by atoms with van der Waals surface area (Å²) in [4.78, 5) is 26.8. The van der Waals surface area contributed by atoms with Crippen LogP contribution in [0.4, 0.5) is 0 Å². The lowest BCUT2D eigenvalue weighted by molar-refractivity contribution is -0.145. The van der Waals surface area contributed by atoms with Gasteiger partial charge in [-0.15, -0.1) is 0 Å². The van der Waals surface area contributed by atoms with Gasteiger partial charge in [-0.1, -0.05) is 56.0 Å². The molecular formula is C30H44N2O6. The smallest absolute Gasteiger partial charge is 0.308 e. The summed E-state index contributed by atoms with van der Waals surface area (Å²) in [5.41, 5.74) is 0.944. The zero-order valence-corrected chi connectivity index (χ0v) is 23.4. The lowest BCUT2D eigenvalue weighted by Crippen LogP contribution is -2.43. The molecule has 8 nitrogen and oxygen atoms in total. The van der Waals surface area contributed by atoms with Gasteiger partial charge in [0.2, 0.25) is 5.91 Å². The van der Waals surface area contributed by atoms with Crippen LogP contribution in [0.5, 0.6) is 17.2 Å². The fourth-order valence-corrected chi connectivity index (χ4v) is 4.09. The maximum absolute atomic E-state index is 12.5. The molecule has 0 unspecified atom stereocenters. The summed E-state index contributed by atoms with van der Waals surface area (Å²) in [6.45, 7) is 1.47. The number of benzene rings is 2. The first kappa shape index (κ1) is 31.0. The van der Waals surface area contributed by atoms with Gasteiger partial charge in [0, 0.05) is 19.0 Å². The lowest BCUT2D eigenvalue weighted by Gasteiger charge is -2.22. The molecule has 1 N–H and O–H groups in total. The summed E-state index contributed by atoms with van der Waals surface area (Å²) in [5.74, 6) is 1.78. The lowest BCUT2D eigenvalue weighted by atomic mass is 10.1. The van der Waals surface area contributed by atoms with Crippen molar-refractivity contribution in [2.75, 3.05) is 41.5 Å². The quantitative estimate of drug-likeness (QED) is 0.203. The fraction of sp³-hybridized carbons (Fsp3) is 0.533. The van der Waals surface area contributed by atoms with Crippen LogP contribution >= 0.6 is 0 Å². The van der Waals surface area contributed by atoms with Gasteiger partial charge in [-0.3, -0.25) is 9.59 Å². The standard InChI is InChI=1S/C30H44N2O6/c1-32(2)22-25(20-30(34)38-23-24-14-10-9-11-15-24)31-29(33)16-12-7-5-6-8-13-19-37-26-17-18-27(35-3)28(21-26)36-4/h9-11,14-15,17-18,21,25H,5-8,12-13,16,19-20,22-23H2,1-4H3,(H,31,33)/t25-/m1/s1. The van der Waals surface area contributed by atoms with Crippen LogP contribution in [0.1, 0.15) is 56.9 Å². The van der Waals surface area contributed by atoms with Crippen molar-refractivity contribution in [1.82, 2.24) is 10.2 Å². The molecule has 1 amide bonds. The molecule has 2 rings (SSSR count). The number of hydrogen-bond acceptors (Lipinski definition) is 7. The molecule has 0 aliphatic heterocycles. The monoisotopic (exact) mass is 528 g/mol. The number of carbonyl (C=O) groups is 2. The van der Waals surface area contributed by atoms with E-state index in [0.29, 0.717) is 31.1 Å². The molecule has 210 valence electrons. The van der Waals surface area contributed by atoms with Crippen LogP contribution in [0.3, 0.4) is 0 Å². The minimum Gasteiger partial charge on any atom is -0.493 e. The first-order valence-electron chi connectivity index (χ1n) is 13.4. The number of ether oxygens (including phenoxy) is 4. The van der Waals surface area contributed by atoms with Crippen LogP contribution < -0.4 is 19.5 Å². The Labute approximate surface area is 227 Å². The van der Waals surface area contributed by atoms with Gasteiger partial charge >= 0.3 is 5.97 Å². The second-order valence-electron chi connectivity index (χ2n) is 9.61. The van der Waals surface area contributed by atoms with Crippen molar-refractivity contribution >= 4 is 11.9 Å². The molecule has 0 saturated carbocycles. The van der Waals surface area contributed by atoms with Crippen molar-refractivity contribution in [3.63, 3.8) is 0 Å². The predicted octanol–water partition coefficient (Wildman–Crippen LogP) is 4.99. The van der Waals surface area contributed by atoms with Gasteiger partial charge in [-0.05, 0) is 44.6 Å². The van der Waals surface area contributed by atoms with Crippen LogP contribution in [0.2, 0.25) is 0 Å². The molecule has 0 bridgehead atoms. The van der Waals surface area contributed by atoms with E-state index in [0.717, 1.165) is 49.8 Å². The van der Waals surface area contributed by atoms with Crippen LogP contribution in [0.25, 0.3) is 0 Å². The molecule has 0 aliphatic carbocycles. The number of likely N-dealkylation sites (N-methyl/N-ethyl adjacent to an activating group) is 1. The number of hydrogen-bond donors (Lipinski definition) is 1. The highest BCUT2D eigenvalue weighted by Crippen LogP contribution is 2.30. The number of carbonyl (C=O) groups excluding carboxylic acids is 2. The number of amides is 1. The first-order chi connectivity index (χ1) is 18.4. The summed E-state index contributed by atoms with van der Waals surface area (Å²) in [7, 11) is 7.07. The highest BCUT2D eigenvalue weighted by atomic mass is 16.5. The predicted molar refractivity (Wildman–Crippen MR) is 149 cm³/mol. The van der Waals surface area contributed by atoms with Crippen molar-refractivity contribution in [3.05, 3.63) is 54.1 Å². The van der Waals surface area contributed by atoms with Gasteiger partial charge in [0.15, 0.2) is 11.5 Å². The summed E-state index contributed by atoms with van der Waals surface area (Å²) in [5, 5.41) is 3.01. The molecule has 0 radical (unpaired) electrons. The molecule has 38 heavy (non-hydrogen) atoms. The molecule has 1 atom stereocenters. The Morgan fingerprint density at radius 1 is 0.868 bits per heavy atom. The van der Waals surface area contributed by atoms with E-state index in [-0.39, 0.29) is 30.9 Å². The van der Waals surface area contributed by atoms with Gasteiger partial charge in [0.1, 0.15) is 12.4 Å². The second-order valence-corrected chi connectivity index (χ2v) is 9.61. The molecule has 0 heterocycles. The van der Waals surface area contributed by atoms with E-state index in [4.69, 9.17) is 18.9 Å². The van der Waals surface area contributed by atoms with Crippen LogP contribution in [0, 0.1) is 0 Å². The van der Waals surface area contributed by atoms with Gasteiger partial charge in [-0.2, -0.15) is 0 Å². The summed E-state index contributed by atoms with van der Waals surface area (Å²) >= 11 is 0. The largest absolute Gasteiger partial charge is 0.493 e. The van der Waals surface area contributed by atoms with Crippen molar-refractivity contribution in [1.29, 1.82) is 0 Å². The van der Waals surface area contributed by atoms with Gasteiger partial charge < -0.3 is 29.2 Å². The molecule has 0 saturated heterocycles. The normalized spacial score (nSPS) is 11.6. The van der Waals surface area contributed by atoms with Crippen LogP contribution in [-0.4, -0.2) is 64.3 Å². The molecule has 2 aromatic rings. The molecule has 0 aromatic heterocycles. The Hall–Kier alpha value is -3.26. The molecular weight excluding hydrogens is 484 g/mol. The van der Waals surface area contributed by atoms with Crippen molar-refractivity contribution in [2.24, 2.45) is 0 Å². The van der Waals surface area contributed by atoms with E-state index in [1.807, 2.05) is 67.5 Å². The zero-order chi connectivity index (χ0) is 27.6. The number of nitrogens with one attached hydrogen (secondary N) is 1. The number of methoxy groups -OCH3 is 2. The van der Waals surface area contributed by atoms with Crippen molar-refractivity contribution < 1.29 is 28.5 Å². The minimum atomic E-state index is -0.309. The van der Waals surface area contributed by atoms with E-state index >= 15 is 0 Å². The maximum Gasteiger partial charge on any atom is 0.308 e. The average Bonchev–Trinajstić information content (AvgIpc) is 2.91. The Balaban J connectivity index is 1.56. The summed E-state index contributed by atoms with van der Waals surface area (Å²) in [6.07, 6.45) is 6.69. The zero-order valence-electron chi connectivity index (χ0n) is 23.4.